The highest BCUT2D eigenvalue weighted by molar-refractivity contribution is 7.98. The molecule has 0 saturated carbocycles. The molecule has 0 atom stereocenters. The summed E-state index contributed by atoms with van der Waals surface area (Å²) in [6.07, 6.45) is 4.45. The summed E-state index contributed by atoms with van der Waals surface area (Å²) in [4.78, 5) is 29.7. The number of nitrogens with zero attached hydrogens (tertiary/aromatic N) is 4. The molecule has 0 spiro atoms. The second-order valence-corrected chi connectivity index (χ2v) is 7.70. The van der Waals surface area contributed by atoms with Gasteiger partial charge in [0.05, 0.1) is 0 Å². The Morgan fingerprint density at radius 2 is 1.74 bits per heavy atom. The zero-order valence-corrected chi connectivity index (χ0v) is 17.0. The van der Waals surface area contributed by atoms with Crippen molar-refractivity contribution in [2.45, 2.75) is 50.1 Å². The smallest absolute Gasteiger partial charge is 0.313 e. The lowest BCUT2D eigenvalue weighted by Crippen LogP contribution is -2.37. The molecule has 0 bridgehead atoms. The van der Waals surface area contributed by atoms with Gasteiger partial charge >= 0.3 is 5.69 Å². The van der Waals surface area contributed by atoms with E-state index < -0.39 is 0 Å². The quantitative estimate of drug-likeness (QED) is 0.440. The number of imidazole rings is 1. The van der Waals surface area contributed by atoms with Crippen LogP contribution in [0.15, 0.2) is 45.1 Å². The van der Waals surface area contributed by atoms with Crippen LogP contribution in [-0.4, -0.2) is 18.7 Å². The molecule has 0 aliphatic carbocycles. The molecule has 0 aliphatic rings. The second-order valence-electron chi connectivity index (χ2n) is 6.76. The Kier molecular flexibility index (Phi) is 6.21. The molecule has 3 rings (SSSR count). The molecule has 0 fully saturated rings. The first-order valence-corrected chi connectivity index (χ1v) is 10.4. The maximum atomic E-state index is 12.8. The van der Waals surface area contributed by atoms with Gasteiger partial charge in [0.2, 0.25) is 0 Å². The van der Waals surface area contributed by atoms with Gasteiger partial charge < -0.3 is 4.57 Å². The number of aromatic nitrogens is 4. The summed E-state index contributed by atoms with van der Waals surface area (Å²) in [5.41, 5.74) is 1.57. The summed E-state index contributed by atoms with van der Waals surface area (Å²) in [7, 11) is 3.19. The maximum Gasteiger partial charge on any atom is 0.332 e. The van der Waals surface area contributed by atoms with Crippen LogP contribution in [0.5, 0.6) is 0 Å². The second kappa shape index (κ2) is 8.61. The summed E-state index contributed by atoms with van der Waals surface area (Å²) in [6.45, 7) is 2.92. The van der Waals surface area contributed by atoms with Crippen molar-refractivity contribution in [2.75, 3.05) is 0 Å². The van der Waals surface area contributed by atoms with Gasteiger partial charge in [0, 0.05) is 26.4 Å². The topological polar surface area (TPSA) is 61.8 Å². The maximum absolute atomic E-state index is 12.8. The fourth-order valence-corrected chi connectivity index (χ4v) is 4.14. The molecule has 3 aromatic rings. The van der Waals surface area contributed by atoms with Gasteiger partial charge in [-0.3, -0.25) is 13.9 Å². The van der Waals surface area contributed by atoms with Gasteiger partial charge in [0.25, 0.3) is 5.56 Å². The van der Waals surface area contributed by atoms with Gasteiger partial charge in [-0.2, -0.15) is 0 Å². The average Bonchev–Trinajstić information content (AvgIpc) is 3.06. The van der Waals surface area contributed by atoms with E-state index in [0.717, 1.165) is 41.3 Å². The number of aryl methyl sites for hydroxylation is 2. The van der Waals surface area contributed by atoms with E-state index in [1.54, 1.807) is 18.8 Å². The Labute approximate surface area is 162 Å². The first-order valence-electron chi connectivity index (χ1n) is 9.37. The summed E-state index contributed by atoms with van der Waals surface area (Å²) in [6, 6.07) is 10.2. The van der Waals surface area contributed by atoms with Crippen molar-refractivity contribution in [3.05, 3.63) is 56.7 Å². The monoisotopic (exact) mass is 386 g/mol. The SMILES string of the molecule is CCCCCCn1c(SCc2ccccc2)nc2c1c(=O)n(C)c(=O)n2C. The lowest BCUT2D eigenvalue weighted by molar-refractivity contribution is 0.561. The highest BCUT2D eigenvalue weighted by atomic mass is 32.2. The molecule has 0 saturated heterocycles. The zero-order chi connectivity index (χ0) is 19.4. The molecule has 0 radical (unpaired) electrons. The van der Waals surface area contributed by atoms with Crippen LogP contribution in [0.25, 0.3) is 11.2 Å². The van der Waals surface area contributed by atoms with Crippen molar-refractivity contribution in [2.24, 2.45) is 14.1 Å². The van der Waals surface area contributed by atoms with E-state index in [-0.39, 0.29) is 11.2 Å². The normalized spacial score (nSPS) is 11.4. The minimum Gasteiger partial charge on any atom is -0.313 e. The highest BCUT2D eigenvalue weighted by Crippen LogP contribution is 2.25. The fourth-order valence-electron chi connectivity index (χ4n) is 3.16. The van der Waals surface area contributed by atoms with Crippen molar-refractivity contribution in [3.63, 3.8) is 0 Å². The predicted octanol–water partition coefficient (Wildman–Crippen LogP) is 3.31. The molecule has 0 unspecified atom stereocenters. The van der Waals surface area contributed by atoms with Gasteiger partial charge in [0.15, 0.2) is 16.3 Å². The van der Waals surface area contributed by atoms with Crippen molar-refractivity contribution in [1.29, 1.82) is 0 Å². The number of benzene rings is 1. The Bertz CT molecular complexity index is 1030. The standard InChI is InChI=1S/C20H26N4O2S/c1-4-5-6-10-13-24-16-17(22(2)20(26)23(3)18(16)25)21-19(24)27-14-15-11-8-7-9-12-15/h7-9,11-12H,4-6,10,13-14H2,1-3H3. The fraction of sp³-hybridized carbons (Fsp3) is 0.450. The number of hydrogen-bond donors (Lipinski definition) is 0. The van der Waals surface area contributed by atoms with Crippen molar-refractivity contribution < 1.29 is 0 Å². The summed E-state index contributed by atoms with van der Waals surface area (Å²) in [5.74, 6) is 0.771. The lowest BCUT2D eigenvalue weighted by atomic mass is 10.2. The van der Waals surface area contributed by atoms with Crippen LogP contribution in [0, 0.1) is 0 Å². The minimum atomic E-state index is -0.345. The Balaban J connectivity index is 2.02. The van der Waals surface area contributed by atoms with Crippen LogP contribution in [0.3, 0.4) is 0 Å². The van der Waals surface area contributed by atoms with Crippen LogP contribution in [-0.2, 0) is 26.4 Å². The van der Waals surface area contributed by atoms with Gasteiger partial charge in [0.1, 0.15) is 0 Å². The molecule has 0 N–H and O–H groups in total. The van der Waals surface area contributed by atoms with Gasteiger partial charge in [-0.25, -0.2) is 9.78 Å². The lowest BCUT2D eigenvalue weighted by Gasteiger charge is -2.09. The largest absolute Gasteiger partial charge is 0.332 e. The number of unbranched alkanes of at least 4 members (excludes halogenated alkanes) is 3. The van der Waals surface area contributed by atoms with Gasteiger partial charge in [-0.05, 0) is 12.0 Å². The Morgan fingerprint density at radius 3 is 2.44 bits per heavy atom. The number of hydrogen-bond acceptors (Lipinski definition) is 4. The highest BCUT2D eigenvalue weighted by Gasteiger charge is 2.19. The third kappa shape index (κ3) is 4.03. The molecule has 7 heteroatoms. The summed E-state index contributed by atoms with van der Waals surface area (Å²) in [5, 5.41) is 0.795. The molecular weight excluding hydrogens is 360 g/mol. The Morgan fingerprint density at radius 1 is 1.00 bits per heavy atom. The van der Waals surface area contributed by atoms with E-state index >= 15 is 0 Å². The van der Waals surface area contributed by atoms with Crippen molar-refractivity contribution >= 4 is 22.9 Å². The van der Waals surface area contributed by atoms with E-state index in [1.807, 2.05) is 22.8 Å². The molecular formula is C20H26N4O2S. The summed E-state index contributed by atoms with van der Waals surface area (Å²) >= 11 is 1.61. The number of fused-ring (bicyclic) bond motifs is 1. The molecule has 0 amide bonds. The first-order chi connectivity index (χ1) is 13.0. The molecule has 2 aromatic heterocycles. The zero-order valence-electron chi connectivity index (χ0n) is 16.1. The van der Waals surface area contributed by atoms with E-state index in [2.05, 4.69) is 24.0 Å². The van der Waals surface area contributed by atoms with Crippen molar-refractivity contribution in [1.82, 2.24) is 18.7 Å². The van der Waals surface area contributed by atoms with E-state index in [0.29, 0.717) is 11.2 Å². The van der Waals surface area contributed by atoms with Gasteiger partial charge in [-0.1, -0.05) is 68.3 Å². The Hall–Kier alpha value is -2.28. The van der Waals surface area contributed by atoms with Crippen LogP contribution in [0.1, 0.15) is 38.2 Å². The molecule has 0 aliphatic heterocycles. The third-order valence-corrected chi connectivity index (χ3v) is 5.81. The first kappa shape index (κ1) is 19.5. The average molecular weight is 387 g/mol. The molecule has 2 heterocycles. The van der Waals surface area contributed by atoms with Crippen LogP contribution < -0.4 is 11.2 Å². The predicted molar refractivity (Wildman–Crippen MR) is 110 cm³/mol. The van der Waals surface area contributed by atoms with Crippen LogP contribution in [0.4, 0.5) is 0 Å². The number of rotatable bonds is 8. The van der Waals surface area contributed by atoms with Crippen molar-refractivity contribution in [3.8, 4) is 0 Å². The van der Waals surface area contributed by atoms with E-state index in [4.69, 9.17) is 0 Å². The molecule has 27 heavy (non-hydrogen) atoms. The molecule has 144 valence electrons. The van der Waals surface area contributed by atoms with Gasteiger partial charge in [-0.15, -0.1) is 0 Å². The van der Waals surface area contributed by atoms with Crippen LogP contribution >= 0.6 is 11.8 Å². The molecule has 1 aromatic carbocycles. The van der Waals surface area contributed by atoms with E-state index in [1.165, 1.54) is 23.6 Å². The minimum absolute atomic E-state index is 0.275. The summed E-state index contributed by atoms with van der Waals surface area (Å²) < 4.78 is 4.63. The number of thioether (sulfide) groups is 1. The molecule has 6 nitrogen and oxygen atoms in total. The van der Waals surface area contributed by atoms with E-state index in [9.17, 15) is 9.59 Å². The third-order valence-electron chi connectivity index (χ3n) is 4.76. The van der Waals surface area contributed by atoms with Crippen LogP contribution in [0.2, 0.25) is 0 Å².